The molecule has 0 fully saturated rings. The molecular weight excluding hydrogens is 236 g/mol. The molecule has 0 spiro atoms. The molecule has 1 aromatic carbocycles. The Morgan fingerprint density at radius 2 is 2.00 bits per heavy atom. The van der Waals surface area contributed by atoms with Crippen LogP contribution in [0.15, 0.2) is 24.3 Å². The van der Waals surface area contributed by atoms with Crippen molar-refractivity contribution in [2.24, 2.45) is 0 Å². The number of nitriles is 1. The van der Waals surface area contributed by atoms with E-state index in [1.54, 1.807) is 38.1 Å². The molecule has 0 saturated heterocycles. The molecule has 0 aliphatic rings. The first kappa shape index (κ1) is 13.5. The maximum absolute atomic E-state index is 11.6. The average molecular weight is 252 g/mol. The second kappa shape index (κ2) is 5.69. The fourth-order valence-electron chi connectivity index (χ4n) is 1.30. The largest absolute Gasteiger partial charge is 0.383 e. The highest BCUT2D eigenvalue weighted by atomic mass is 32.2. The van der Waals surface area contributed by atoms with Gasteiger partial charge < -0.3 is 5.32 Å². The SMILES string of the molecule is CC(C)S(=O)(=O)CCNc1ccccc1C#N. The fraction of sp³-hybridized carbons (Fsp3) is 0.417. The van der Waals surface area contributed by atoms with Gasteiger partial charge in [-0.15, -0.1) is 0 Å². The molecule has 5 heteroatoms. The minimum Gasteiger partial charge on any atom is -0.383 e. The summed E-state index contributed by atoms with van der Waals surface area (Å²) in [6, 6.07) is 9.09. The van der Waals surface area contributed by atoms with E-state index in [1.165, 1.54) is 0 Å². The summed E-state index contributed by atoms with van der Waals surface area (Å²) in [6.07, 6.45) is 0. The standard InChI is InChI=1S/C12H16N2O2S/c1-10(2)17(15,16)8-7-14-12-6-4-3-5-11(12)9-13/h3-6,10,14H,7-8H2,1-2H3. The first-order chi connectivity index (χ1) is 7.97. The van der Waals surface area contributed by atoms with Crippen LogP contribution in [0.3, 0.4) is 0 Å². The molecule has 1 aromatic rings. The van der Waals surface area contributed by atoms with Gasteiger partial charge in [-0.1, -0.05) is 12.1 Å². The van der Waals surface area contributed by atoms with Gasteiger partial charge in [0.25, 0.3) is 0 Å². The van der Waals surface area contributed by atoms with E-state index in [1.807, 2.05) is 0 Å². The average Bonchev–Trinajstić information content (AvgIpc) is 2.29. The van der Waals surface area contributed by atoms with E-state index in [4.69, 9.17) is 5.26 Å². The van der Waals surface area contributed by atoms with Gasteiger partial charge in [0, 0.05) is 6.54 Å². The lowest BCUT2D eigenvalue weighted by Crippen LogP contribution is -2.23. The van der Waals surface area contributed by atoms with Gasteiger partial charge in [0.05, 0.1) is 22.3 Å². The van der Waals surface area contributed by atoms with Crippen molar-refractivity contribution < 1.29 is 8.42 Å². The van der Waals surface area contributed by atoms with Gasteiger partial charge in [-0.3, -0.25) is 0 Å². The minimum absolute atomic E-state index is 0.0738. The highest BCUT2D eigenvalue weighted by Gasteiger charge is 2.15. The summed E-state index contributed by atoms with van der Waals surface area (Å²) in [6.45, 7) is 3.65. The third-order valence-corrected chi connectivity index (χ3v) is 4.68. The molecule has 0 amide bonds. The molecule has 17 heavy (non-hydrogen) atoms. The first-order valence-corrected chi connectivity index (χ1v) is 7.13. The van der Waals surface area contributed by atoms with Gasteiger partial charge in [-0.2, -0.15) is 5.26 Å². The maximum Gasteiger partial charge on any atom is 0.154 e. The van der Waals surface area contributed by atoms with E-state index >= 15 is 0 Å². The van der Waals surface area contributed by atoms with Gasteiger partial charge in [0.1, 0.15) is 6.07 Å². The number of para-hydroxylation sites is 1. The number of benzene rings is 1. The molecule has 0 atom stereocenters. The van der Waals surface area contributed by atoms with Crippen LogP contribution in [0.5, 0.6) is 0 Å². The summed E-state index contributed by atoms with van der Waals surface area (Å²) in [4.78, 5) is 0. The van der Waals surface area contributed by atoms with Crippen molar-refractivity contribution in [1.29, 1.82) is 5.26 Å². The van der Waals surface area contributed by atoms with Crippen molar-refractivity contribution >= 4 is 15.5 Å². The maximum atomic E-state index is 11.6. The number of hydrogen-bond donors (Lipinski definition) is 1. The summed E-state index contributed by atoms with van der Waals surface area (Å²) >= 11 is 0. The van der Waals surface area contributed by atoms with E-state index in [0.29, 0.717) is 17.8 Å². The highest BCUT2D eigenvalue weighted by Crippen LogP contribution is 2.13. The van der Waals surface area contributed by atoms with Crippen molar-refractivity contribution in [3.8, 4) is 6.07 Å². The highest BCUT2D eigenvalue weighted by molar-refractivity contribution is 7.92. The van der Waals surface area contributed by atoms with Crippen LogP contribution in [0.25, 0.3) is 0 Å². The second-order valence-electron chi connectivity index (χ2n) is 4.00. The van der Waals surface area contributed by atoms with Crippen molar-refractivity contribution in [2.45, 2.75) is 19.1 Å². The lowest BCUT2D eigenvalue weighted by atomic mass is 10.2. The number of nitrogens with zero attached hydrogens (tertiary/aromatic N) is 1. The van der Waals surface area contributed by atoms with Crippen LogP contribution in [-0.2, 0) is 9.84 Å². The topological polar surface area (TPSA) is 70.0 Å². The summed E-state index contributed by atoms with van der Waals surface area (Å²) in [5.41, 5.74) is 1.20. The van der Waals surface area contributed by atoms with Crippen LogP contribution < -0.4 is 5.32 Å². The zero-order valence-corrected chi connectivity index (χ0v) is 10.8. The first-order valence-electron chi connectivity index (χ1n) is 5.42. The van der Waals surface area contributed by atoms with Gasteiger partial charge in [0.2, 0.25) is 0 Å². The van der Waals surface area contributed by atoms with Crippen molar-refractivity contribution in [3.63, 3.8) is 0 Å². The third kappa shape index (κ3) is 3.75. The molecule has 0 aliphatic heterocycles. The molecule has 0 aliphatic carbocycles. The second-order valence-corrected chi connectivity index (χ2v) is 6.68. The van der Waals surface area contributed by atoms with E-state index in [9.17, 15) is 8.42 Å². The molecule has 1 N–H and O–H groups in total. The molecule has 0 heterocycles. The van der Waals surface area contributed by atoms with Gasteiger partial charge >= 0.3 is 0 Å². The summed E-state index contributed by atoms with van der Waals surface area (Å²) in [5, 5.41) is 11.5. The molecule has 0 unspecified atom stereocenters. The van der Waals surface area contributed by atoms with E-state index in [2.05, 4.69) is 11.4 Å². The monoisotopic (exact) mass is 252 g/mol. The number of hydrogen-bond acceptors (Lipinski definition) is 4. The Kier molecular flexibility index (Phi) is 4.53. The minimum atomic E-state index is -3.03. The molecular formula is C12H16N2O2S. The smallest absolute Gasteiger partial charge is 0.154 e. The molecule has 0 radical (unpaired) electrons. The van der Waals surface area contributed by atoms with Gasteiger partial charge in [-0.25, -0.2) is 8.42 Å². The van der Waals surface area contributed by atoms with Crippen LogP contribution in [-0.4, -0.2) is 26.0 Å². The molecule has 1 rings (SSSR count). The zero-order valence-electron chi connectivity index (χ0n) is 9.97. The fourth-order valence-corrected chi connectivity index (χ4v) is 2.16. The molecule has 92 valence electrons. The van der Waals surface area contributed by atoms with Crippen LogP contribution in [0.1, 0.15) is 19.4 Å². The van der Waals surface area contributed by atoms with Crippen LogP contribution >= 0.6 is 0 Å². The summed E-state index contributed by atoms with van der Waals surface area (Å²) in [5.74, 6) is 0.0738. The third-order valence-electron chi connectivity index (χ3n) is 2.47. The number of nitrogens with one attached hydrogen (secondary N) is 1. The Morgan fingerprint density at radius 1 is 1.35 bits per heavy atom. The molecule has 4 nitrogen and oxygen atoms in total. The van der Waals surface area contributed by atoms with Crippen molar-refractivity contribution in [3.05, 3.63) is 29.8 Å². The van der Waals surface area contributed by atoms with E-state index < -0.39 is 9.84 Å². The lowest BCUT2D eigenvalue weighted by Gasteiger charge is -2.10. The lowest BCUT2D eigenvalue weighted by molar-refractivity contribution is 0.588. The van der Waals surface area contributed by atoms with Crippen molar-refractivity contribution in [2.75, 3.05) is 17.6 Å². The van der Waals surface area contributed by atoms with E-state index in [-0.39, 0.29) is 11.0 Å². The normalized spacial score (nSPS) is 11.2. The summed E-state index contributed by atoms with van der Waals surface area (Å²) in [7, 11) is -3.03. The predicted molar refractivity (Wildman–Crippen MR) is 68.6 cm³/mol. The Morgan fingerprint density at radius 3 is 2.59 bits per heavy atom. The zero-order chi connectivity index (χ0) is 12.9. The molecule has 0 aromatic heterocycles. The van der Waals surface area contributed by atoms with Gasteiger partial charge in [-0.05, 0) is 26.0 Å². The van der Waals surface area contributed by atoms with Crippen molar-refractivity contribution in [1.82, 2.24) is 0 Å². The van der Waals surface area contributed by atoms with E-state index in [0.717, 1.165) is 0 Å². The molecule has 0 saturated carbocycles. The van der Waals surface area contributed by atoms with Crippen LogP contribution in [0.2, 0.25) is 0 Å². The number of sulfone groups is 1. The Bertz CT molecular complexity index is 516. The Labute approximate surface area is 102 Å². The Balaban J connectivity index is 2.61. The van der Waals surface area contributed by atoms with Crippen LogP contribution in [0.4, 0.5) is 5.69 Å². The molecule has 0 bridgehead atoms. The predicted octanol–water partition coefficient (Wildman–Crippen LogP) is 1.79. The summed E-state index contributed by atoms with van der Waals surface area (Å²) < 4.78 is 23.1. The Hall–Kier alpha value is -1.54. The van der Waals surface area contributed by atoms with Crippen LogP contribution in [0, 0.1) is 11.3 Å². The quantitative estimate of drug-likeness (QED) is 0.867. The number of rotatable bonds is 5. The van der Waals surface area contributed by atoms with Gasteiger partial charge in [0.15, 0.2) is 9.84 Å². The number of anilines is 1.